The van der Waals surface area contributed by atoms with E-state index >= 15 is 0 Å². The van der Waals surface area contributed by atoms with Crippen LogP contribution in [0.5, 0.6) is 0 Å². The number of aliphatic imine (C=N–C) groups is 1. The van der Waals surface area contributed by atoms with E-state index in [1.54, 1.807) is 13.3 Å². The number of fused-ring (bicyclic) bond motifs is 5. The van der Waals surface area contributed by atoms with E-state index < -0.39 is 0 Å². The number of amides is 2. The summed E-state index contributed by atoms with van der Waals surface area (Å²) in [6, 6.07) is 3.82. The third kappa shape index (κ3) is 3.38. The summed E-state index contributed by atoms with van der Waals surface area (Å²) in [5.74, 6) is 2.05. The van der Waals surface area contributed by atoms with Gasteiger partial charge < -0.3 is 15.1 Å². The molecule has 0 aromatic carbocycles. The summed E-state index contributed by atoms with van der Waals surface area (Å²) in [5, 5.41) is 6.46. The van der Waals surface area contributed by atoms with Crippen molar-refractivity contribution in [3.05, 3.63) is 36.3 Å². The molecule has 2 aliphatic carbocycles. The second-order valence-electron chi connectivity index (χ2n) is 7.44. The lowest BCUT2D eigenvalue weighted by atomic mass is 9.85. The van der Waals surface area contributed by atoms with Crippen molar-refractivity contribution in [2.75, 3.05) is 26.7 Å². The summed E-state index contributed by atoms with van der Waals surface area (Å²) < 4.78 is 5.30. The molecule has 1 aliphatic heterocycles. The normalized spacial score (nSPS) is 28.9. The average Bonchev–Trinajstić information content (AvgIpc) is 3.44. The fourth-order valence-electron chi connectivity index (χ4n) is 4.61. The Balaban J connectivity index is 1.19. The maximum Gasteiger partial charge on any atom is 0.233 e. The first-order valence-corrected chi connectivity index (χ1v) is 9.69. The number of hydrogen-bond acceptors (Lipinski definition) is 4. The molecule has 0 radical (unpaired) electrons. The van der Waals surface area contributed by atoms with Gasteiger partial charge in [0, 0.05) is 33.1 Å². The fourth-order valence-corrected chi connectivity index (χ4v) is 4.61. The minimum Gasteiger partial charge on any atom is -0.469 e. The van der Waals surface area contributed by atoms with Gasteiger partial charge in [0.05, 0.1) is 18.1 Å². The number of nitrogens with zero attached hydrogens (tertiary/aromatic N) is 2. The second-order valence-corrected chi connectivity index (χ2v) is 7.44. The number of nitrogens with one attached hydrogen (secondary N) is 2. The first kappa shape index (κ1) is 17.8. The Bertz CT molecular complexity index is 725. The van der Waals surface area contributed by atoms with Gasteiger partial charge in [-0.2, -0.15) is 0 Å². The van der Waals surface area contributed by atoms with Gasteiger partial charge in [0.25, 0.3) is 0 Å². The number of hydrogen-bond donors (Lipinski definition) is 2. The predicted molar refractivity (Wildman–Crippen MR) is 101 cm³/mol. The van der Waals surface area contributed by atoms with E-state index in [0.29, 0.717) is 25.5 Å². The summed E-state index contributed by atoms with van der Waals surface area (Å²) in [7, 11) is 1.72. The molecule has 27 heavy (non-hydrogen) atoms. The zero-order valence-electron chi connectivity index (χ0n) is 15.6. The van der Waals surface area contributed by atoms with E-state index in [0.717, 1.165) is 25.1 Å². The summed E-state index contributed by atoms with van der Waals surface area (Å²) in [5.41, 5.74) is 0. The second kappa shape index (κ2) is 7.58. The van der Waals surface area contributed by atoms with Crippen LogP contribution in [0.15, 0.2) is 40.0 Å². The van der Waals surface area contributed by atoms with Crippen LogP contribution in [0.2, 0.25) is 0 Å². The van der Waals surface area contributed by atoms with Crippen LogP contribution in [-0.2, 0) is 16.0 Å². The Morgan fingerprint density at radius 3 is 2.52 bits per heavy atom. The zero-order chi connectivity index (χ0) is 18.8. The highest BCUT2D eigenvalue weighted by atomic mass is 16.3. The van der Waals surface area contributed by atoms with Gasteiger partial charge >= 0.3 is 0 Å². The van der Waals surface area contributed by atoms with Gasteiger partial charge in [-0.3, -0.25) is 19.5 Å². The highest BCUT2D eigenvalue weighted by Gasteiger charge is 2.58. The van der Waals surface area contributed by atoms with Crippen LogP contribution in [0.3, 0.4) is 0 Å². The monoisotopic (exact) mass is 370 g/mol. The van der Waals surface area contributed by atoms with Crippen molar-refractivity contribution >= 4 is 17.8 Å². The third-order valence-electron chi connectivity index (χ3n) is 5.88. The van der Waals surface area contributed by atoms with Crippen molar-refractivity contribution in [3.8, 4) is 0 Å². The maximum absolute atomic E-state index is 12.6. The van der Waals surface area contributed by atoms with Gasteiger partial charge in [0.2, 0.25) is 11.8 Å². The van der Waals surface area contributed by atoms with Crippen LogP contribution in [0, 0.1) is 23.7 Å². The van der Waals surface area contributed by atoms with E-state index in [-0.39, 0.29) is 35.5 Å². The molecule has 4 unspecified atom stereocenters. The van der Waals surface area contributed by atoms with Crippen LogP contribution >= 0.6 is 0 Å². The molecule has 1 saturated heterocycles. The molecule has 2 heterocycles. The lowest BCUT2D eigenvalue weighted by Crippen LogP contribution is -2.40. The topological polar surface area (TPSA) is 86.9 Å². The van der Waals surface area contributed by atoms with Crippen molar-refractivity contribution in [2.24, 2.45) is 28.7 Å². The number of likely N-dealkylation sites (tertiary alicyclic amines) is 1. The maximum atomic E-state index is 12.6. The number of carbonyl (C=O) groups is 2. The summed E-state index contributed by atoms with van der Waals surface area (Å²) in [4.78, 5) is 30.9. The molecule has 2 N–H and O–H groups in total. The Labute approximate surface area is 158 Å². The Morgan fingerprint density at radius 1 is 1.19 bits per heavy atom. The molecule has 3 aliphatic rings. The minimum absolute atomic E-state index is 0.0304. The minimum atomic E-state index is -0.100. The van der Waals surface area contributed by atoms with Gasteiger partial charge in [-0.15, -0.1) is 0 Å². The van der Waals surface area contributed by atoms with Gasteiger partial charge in [0.1, 0.15) is 5.76 Å². The van der Waals surface area contributed by atoms with Crippen molar-refractivity contribution in [1.82, 2.24) is 15.5 Å². The molecule has 0 spiro atoms. The molecule has 7 heteroatoms. The van der Waals surface area contributed by atoms with Crippen molar-refractivity contribution in [2.45, 2.75) is 19.3 Å². The molecule has 2 fully saturated rings. The molecule has 7 nitrogen and oxygen atoms in total. The van der Waals surface area contributed by atoms with Crippen LogP contribution in [0.4, 0.5) is 0 Å². The summed E-state index contributed by atoms with van der Waals surface area (Å²) in [6.45, 7) is 1.84. The van der Waals surface area contributed by atoms with Crippen LogP contribution in [-0.4, -0.2) is 49.4 Å². The van der Waals surface area contributed by atoms with E-state index in [1.165, 1.54) is 4.90 Å². The van der Waals surface area contributed by atoms with E-state index in [1.807, 2.05) is 12.1 Å². The molecule has 2 amide bonds. The van der Waals surface area contributed by atoms with Crippen molar-refractivity contribution in [3.63, 3.8) is 0 Å². The van der Waals surface area contributed by atoms with Crippen LogP contribution in [0.25, 0.3) is 0 Å². The molecule has 4 rings (SSSR count). The predicted octanol–water partition coefficient (Wildman–Crippen LogP) is 1.18. The van der Waals surface area contributed by atoms with Gasteiger partial charge in [-0.05, 0) is 36.8 Å². The number of furan rings is 1. The van der Waals surface area contributed by atoms with Gasteiger partial charge in [0.15, 0.2) is 5.96 Å². The number of allylic oxidation sites excluding steroid dienone is 2. The number of carbonyl (C=O) groups excluding carboxylic acids is 2. The van der Waals surface area contributed by atoms with Crippen LogP contribution in [0.1, 0.15) is 18.6 Å². The first-order chi connectivity index (χ1) is 13.2. The van der Waals surface area contributed by atoms with Crippen molar-refractivity contribution < 1.29 is 14.0 Å². The molecule has 1 aromatic heterocycles. The summed E-state index contributed by atoms with van der Waals surface area (Å²) in [6.07, 6.45) is 8.38. The smallest absolute Gasteiger partial charge is 0.233 e. The van der Waals surface area contributed by atoms with Crippen molar-refractivity contribution in [1.29, 1.82) is 0 Å². The SMILES string of the molecule is CN=C(NCCCN1C(=O)C2C3C=CC(C3)C2C1=O)NCCc1ccco1. The third-order valence-corrected chi connectivity index (χ3v) is 5.88. The Hall–Kier alpha value is -2.57. The van der Waals surface area contributed by atoms with E-state index in [4.69, 9.17) is 4.42 Å². The molecule has 4 atom stereocenters. The number of imide groups is 1. The molecule has 2 bridgehead atoms. The zero-order valence-corrected chi connectivity index (χ0v) is 15.6. The standard InChI is InChI=1S/C20H26N4O3/c1-21-20(23-9-7-15-4-2-11-27-15)22-8-3-10-24-18(25)16-13-5-6-14(12-13)17(16)19(24)26/h2,4-6,11,13-14,16-17H,3,7-10,12H2,1H3,(H2,21,22,23). The molecule has 1 aromatic rings. The van der Waals surface area contributed by atoms with Gasteiger partial charge in [-0.1, -0.05) is 12.2 Å². The molecular weight excluding hydrogens is 344 g/mol. The molecule has 144 valence electrons. The first-order valence-electron chi connectivity index (χ1n) is 9.69. The number of guanidine groups is 1. The molecular formula is C20H26N4O3. The quantitative estimate of drug-likeness (QED) is 0.247. The van der Waals surface area contributed by atoms with Crippen LogP contribution < -0.4 is 10.6 Å². The highest BCUT2D eigenvalue weighted by molar-refractivity contribution is 6.06. The Morgan fingerprint density at radius 2 is 1.89 bits per heavy atom. The lowest BCUT2D eigenvalue weighted by Gasteiger charge is -2.18. The average molecular weight is 370 g/mol. The number of rotatable bonds is 7. The van der Waals surface area contributed by atoms with E-state index in [2.05, 4.69) is 27.8 Å². The fraction of sp³-hybridized carbons (Fsp3) is 0.550. The molecule has 1 saturated carbocycles. The lowest BCUT2D eigenvalue weighted by molar-refractivity contribution is -0.140. The largest absolute Gasteiger partial charge is 0.469 e. The highest BCUT2D eigenvalue weighted by Crippen LogP contribution is 2.52. The van der Waals surface area contributed by atoms with E-state index in [9.17, 15) is 9.59 Å². The summed E-state index contributed by atoms with van der Waals surface area (Å²) >= 11 is 0. The van der Waals surface area contributed by atoms with Gasteiger partial charge in [-0.25, -0.2) is 0 Å². The Kier molecular flexibility index (Phi) is 5.01.